The van der Waals surface area contributed by atoms with Crippen molar-refractivity contribution in [3.63, 3.8) is 0 Å². The first-order valence-corrected chi connectivity index (χ1v) is 5.07. The highest BCUT2D eigenvalue weighted by Crippen LogP contribution is 2.42. The summed E-state index contributed by atoms with van der Waals surface area (Å²) in [5, 5.41) is 8.57. The topological polar surface area (TPSA) is 63.6 Å². The van der Waals surface area contributed by atoms with E-state index in [1.807, 2.05) is 6.92 Å². The molecule has 1 heterocycles. The van der Waals surface area contributed by atoms with Crippen LogP contribution in [0.3, 0.4) is 0 Å². The number of esters is 1. The minimum atomic E-state index is -1.34. The molecular weight excluding hydrogens is 192 g/mol. The second-order valence-corrected chi connectivity index (χ2v) is 4.31. The van der Waals surface area contributed by atoms with Gasteiger partial charge in [-0.3, -0.25) is 4.79 Å². The first-order valence-electron chi connectivity index (χ1n) is 4.19. The maximum atomic E-state index is 11.2. The van der Waals surface area contributed by atoms with Crippen molar-refractivity contribution in [1.82, 2.24) is 0 Å². The molecule has 1 N–H and O–H groups in total. The summed E-state index contributed by atoms with van der Waals surface area (Å²) in [6.45, 7) is 3.54. The summed E-state index contributed by atoms with van der Waals surface area (Å²) in [6.07, 6.45) is 0.910. The van der Waals surface area contributed by atoms with Crippen LogP contribution in [0.4, 0.5) is 0 Å². The molecule has 1 rings (SSSR count). The summed E-state index contributed by atoms with van der Waals surface area (Å²) in [7, 11) is 0. The van der Waals surface area contributed by atoms with E-state index in [0.29, 0.717) is 12.8 Å². The molecule has 0 saturated carbocycles. The molecule has 0 aromatic heterocycles. The van der Waals surface area contributed by atoms with Gasteiger partial charge in [0.25, 0.3) is 4.93 Å². The van der Waals surface area contributed by atoms with Gasteiger partial charge in [-0.2, -0.15) is 0 Å². The van der Waals surface area contributed by atoms with Crippen molar-refractivity contribution in [2.75, 3.05) is 0 Å². The Hall–Kier alpha value is -0.710. The van der Waals surface area contributed by atoms with E-state index < -0.39 is 16.9 Å². The zero-order valence-electron chi connectivity index (χ0n) is 7.57. The standard InChI is InChI=1S/C8H12O4S/c1-3-5-6(9)12-8(4-2,13-5)7(10)11/h5H,3-4H2,1-2H3,(H,10,11). The summed E-state index contributed by atoms with van der Waals surface area (Å²) in [6, 6.07) is 0. The molecule has 0 radical (unpaired) electrons. The fourth-order valence-electron chi connectivity index (χ4n) is 1.18. The quantitative estimate of drug-likeness (QED) is 0.701. The Kier molecular flexibility index (Phi) is 2.85. The van der Waals surface area contributed by atoms with Gasteiger partial charge < -0.3 is 9.84 Å². The van der Waals surface area contributed by atoms with Gasteiger partial charge in [0.15, 0.2) is 0 Å². The number of hydrogen-bond acceptors (Lipinski definition) is 4. The lowest BCUT2D eigenvalue weighted by Crippen LogP contribution is -2.34. The lowest BCUT2D eigenvalue weighted by Gasteiger charge is -2.18. The highest BCUT2D eigenvalue weighted by molar-refractivity contribution is 8.02. The van der Waals surface area contributed by atoms with Gasteiger partial charge in [-0.25, -0.2) is 4.79 Å². The van der Waals surface area contributed by atoms with Crippen LogP contribution < -0.4 is 0 Å². The predicted molar refractivity (Wildman–Crippen MR) is 48.4 cm³/mol. The third kappa shape index (κ3) is 1.65. The molecule has 5 heteroatoms. The summed E-state index contributed by atoms with van der Waals surface area (Å²) in [4.78, 5) is 20.7. The Morgan fingerprint density at radius 1 is 1.69 bits per heavy atom. The number of carbonyl (C=O) groups excluding carboxylic acids is 1. The van der Waals surface area contributed by atoms with Crippen LogP contribution in [-0.4, -0.2) is 27.2 Å². The van der Waals surface area contributed by atoms with Crippen LogP contribution >= 0.6 is 11.8 Å². The number of aliphatic carboxylic acids is 1. The van der Waals surface area contributed by atoms with Crippen molar-refractivity contribution >= 4 is 23.7 Å². The smallest absolute Gasteiger partial charge is 0.359 e. The van der Waals surface area contributed by atoms with Crippen LogP contribution in [-0.2, 0) is 14.3 Å². The zero-order chi connectivity index (χ0) is 10.1. The number of hydrogen-bond donors (Lipinski definition) is 1. The van der Waals surface area contributed by atoms with Gasteiger partial charge in [0.1, 0.15) is 5.25 Å². The fraction of sp³-hybridized carbons (Fsp3) is 0.750. The molecule has 0 aromatic carbocycles. The molecule has 1 saturated heterocycles. The van der Waals surface area contributed by atoms with Crippen LogP contribution in [0.25, 0.3) is 0 Å². The number of cyclic esters (lactones) is 1. The van der Waals surface area contributed by atoms with Gasteiger partial charge in [0.2, 0.25) is 0 Å². The van der Waals surface area contributed by atoms with E-state index >= 15 is 0 Å². The van der Waals surface area contributed by atoms with E-state index in [2.05, 4.69) is 0 Å². The monoisotopic (exact) mass is 204 g/mol. The van der Waals surface area contributed by atoms with Crippen molar-refractivity contribution in [3.8, 4) is 0 Å². The molecule has 4 nitrogen and oxygen atoms in total. The van der Waals surface area contributed by atoms with Crippen molar-refractivity contribution in [1.29, 1.82) is 0 Å². The molecule has 74 valence electrons. The summed E-state index contributed by atoms with van der Waals surface area (Å²) >= 11 is 1.10. The van der Waals surface area contributed by atoms with Gasteiger partial charge in [-0.15, -0.1) is 0 Å². The zero-order valence-corrected chi connectivity index (χ0v) is 8.39. The van der Waals surface area contributed by atoms with Crippen LogP contribution in [0.2, 0.25) is 0 Å². The van der Waals surface area contributed by atoms with Crippen LogP contribution in [0, 0.1) is 0 Å². The second kappa shape index (κ2) is 3.57. The van der Waals surface area contributed by atoms with Crippen molar-refractivity contribution < 1.29 is 19.4 Å². The van der Waals surface area contributed by atoms with Gasteiger partial charge in [0, 0.05) is 6.42 Å². The van der Waals surface area contributed by atoms with Crippen molar-refractivity contribution in [2.45, 2.75) is 36.9 Å². The Bertz CT molecular complexity index is 240. The third-order valence-corrected chi connectivity index (χ3v) is 3.76. The normalized spacial score (nSPS) is 33.1. The molecule has 0 spiro atoms. The SMILES string of the molecule is CCC1SC(CC)(C(=O)O)OC1=O. The number of rotatable bonds is 3. The van der Waals surface area contributed by atoms with Gasteiger partial charge in [-0.05, 0) is 6.42 Å². The van der Waals surface area contributed by atoms with E-state index in [9.17, 15) is 9.59 Å². The van der Waals surface area contributed by atoms with Crippen LogP contribution in [0.5, 0.6) is 0 Å². The predicted octanol–water partition coefficient (Wildman–Crippen LogP) is 1.25. The van der Waals surface area contributed by atoms with E-state index in [-0.39, 0.29) is 5.25 Å². The summed E-state index contributed by atoms with van der Waals surface area (Å²) < 4.78 is 4.89. The van der Waals surface area contributed by atoms with Crippen LogP contribution in [0.1, 0.15) is 26.7 Å². The summed E-state index contributed by atoms with van der Waals surface area (Å²) in [5.41, 5.74) is 0. The molecule has 1 aliphatic rings. The maximum absolute atomic E-state index is 11.2. The largest absolute Gasteiger partial charge is 0.478 e. The number of carboxylic acid groups (broad SMARTS) is 1. The molecule has 0 aliphatic carbocycles. The van der Waals surface area contributed by atoms with E-state index in [0.717, 1.165) is 11.8 Å². The maximum Gasteiger partial charge on any atom is 0.359 e. The Morgan fingerprint density at radius 2 is 2.31 bits per heavy atom. The van der Waals surface area contributed by atoms with Crippen molar-refractivity contribution in [2.24, 2.45) is 0 Å². The Labute approximate surface area is 80.6 Å². The van der Waals surface area contributed by atoms with E-state index in [1.165, 1.54) is 0 Å². The Balaban J connectivity index is 2.84. The molecule has 0 aromatic rings. The van der Waals surface area contributed by atoms with Gasteiger partial charge in [0.05, 0.1) is 0 Å². The molecule has 13 heavy (non-hydrogen) atoms. The highest BCUT2D eigenvalue weighted by atomic mass is 32.2. The average molecular weight is 204 g/mol. The molecule has 1 fully saturated rings. The number of carboxylic acids is 1. The number of ether oxygens (including phenoxy) is 1. The fourth-order valence-corrected chi connectivity index (χ4v) is 2.35. The molecule has 2 atom stereocenters. The lowest BCUT2D eigenvalue weighted by atomic mass is 10.2. The lowest BCUT2D eigenvalue weighted by molar-refractivity contribution is -0.164. The molecule has 0 bridgehead atoms. The van der Waals surface area contributed by atoms with Gasteiger partial charge >= 0.3 is 11.9 Å². The third-order valence-electron chi connectivity index (χ3n) is 2.02. The van der Waals surface area contributed by atoms with Gasteiger partial charge in [-0.1, -0.05) is 25.6 Å². The first-order chi connectivity index (χ1) is 6.05. The average Bonchev–Trinajstić information content (AvgIpc) is 2.43. The Morgan fingerprint density at radius 3 is 2.54 bits per heavy atom. The summed E-state index contributed by atoms with van der Waals surface area (Å²) in [5.74, 6) is -1.47. The van der Waals surface area contributed by atoms with E-state index in [4.69, 9.17) is 9.84 Å². The first kappa shape index (κ1) is 10.4. The molecule has 1 aliphatic heterocycles. The number of carbonyl (C=O) groups is 2. The minimum absolute atomic E-state index is 0.301. The molecule has 0 amide bonds. The molecule has 2 unspecified atom stereocenters. The van der Waals surface area contributed by atoms with E-state index in [1.54, 1.807) is 6.92 Å². The van der Waals surface area contributed by atoms with Crippen molar-refractivity contribution in [3.05, 3.63) is 0 Å². The number of thioether (sulfide) groups is 1. The van der Waals surface area contributed by atoms with Crippen LogP contribution in [0.15, 0.2) is 0 Å². The highest BCUT2D eigenvalue weighted by Gasteiger charge is 2.51. The molecular formula is C8H12O4S. The second-order valence-electron chi connectivity index (χ2n) is 2.85. The minimum Gasteiger partial charge on any atom is -0.478 e.